The smallest absolute Gasteiger partial charge is 0.241 e. The third kappa shape index (κ3) is 1.44. The zero-order valence-corrected chi connectivity index (χ0v) is 7.78. The van der Waals surface area contributed by atoms with Crippen molar-refractivity contribution in [3.8, 4) is 11.4 Å². The number of nitrogens with two attached hydrogens (primary N) is 2. The molecule has 84 valence electrons. The quantitative estimate of drug-likeness (QED) is 0.703. The molecule has 0 radical (unpaired) electrons. The Morgan fingerprint density at radius 1 is 1.06 bits per heavy atom. The molecule has 2 rings (SSSR count). The van der Waals surface area contributed by atoms with Crippen LogP contribution in [0.15, 0.2) is 12.1 Å². The van der Waals surface area contributed by atoms with Crippen LogP contribution in [0.5, 0.6) is 0 Å². The fourth-order valence-electron chi connectivity index (χ4n) is 1.23. The second kappa shape index (κ2) is 3.40. The number of rotatable bonds is 1. The van der Waals surface area contributed by atoms with Crippen LogP contribution in [-0.2, 0) is 0 Å². The Hall–Kier alpha value is -2.25. The van der Waals surface area contributed by atoms with Gasteiger partial charge in [-0.2, -0.15) is 0 Å². The summed E-state index contributed by atoms with van der Waals surface area (Å²) in [6, 6.07) is 1.03. The highest BCUT2D eigenvalue weighted by Gasteiger charge is 2.19. The molecular formula is C8H6F3N5. The molecule has 0 fully saturated rings. The van der Waals surface area contributed by atoms with Gasteiger partial charge in [0.25, 0.3) is 0 Å². The number of nitrogen functional groups attached to an aromatic ring is 2. The lowest BCUT2D eigenvalue weighted by molar-refractivity contribution is 0.546. The van der Waals surface area contributed by atoms with Crippen molar-refractivity contribution in [2.75, 3.05) is 11.6 Å². The number of anilines is 1. The third-order valence-electron chi connectivity index (χ3n) is 1.95. The molecule has 4 N–H and O–H groups in total. The molecule has 0 aliphatic carbocycles. The summed E-state index contributed by atoms with van der Waals surface area (Å²) in [4.78, 5) is 0. The van der Waals surface area contributed by atoms with Crippen molar-refractivity contribution in [2.24, 2.45) is 0 Å². The molecule has 0 aliphatic heterocycles. The van der Waals surface area contributed by atoms with E-state index in [4.69, 9.17) is 11.6 Å². The van der Waals surface area contributed by atoms with E-state index in [-0.39, 0.29) is 11.8 Å². The summed E-state index contributed by atoms with van der Waals surface area (Å²) in [5.74, 6) is 1.54. The molecule has 8 heteroatoms. The first kappa shape index (κ1) is 10.3. The fraction of sp³-hybridized carbons (Fsp3) is 0. The average molecular weight is 229 g/mol. The van der Waals surface area contributed by atoms with Crippen LogP contribution in [0.2, 0.25) is 0 Å². The molecule has 5 nitrogen and oxygen atoms in total. The van der Waals surface area contributed by atoms with Crippen molar-refractivity contribution in [3.05, 3.63) is 29.6 Å². The Labute approximate surface area is 87.5 Å². The lowest BCUT2D eigenvalue weighted by atomic mass is 10.2. The van der Waals surface area contributed by atoms with Crippen LogP contribution in [0.1, 0.15) is 0 Å². The summed E-state index contributed by atoms with van der Waals surface area (Å²) in [6.45, 7) is 0. The number of hydrogen-bond donors (Lipinski definition) is 2. The van der Waals surface area contributed by atoms with Gasteiger partial charge in [0.15, 0.2) is 5.82 Å². The molecule has 0 saturated carbocycles. The van der Waals surface area contributed by atoms with Gasteiger partial charge in [-0.25, -0.2) is 17.8 Å². The van der Waals surface area contributed by atoms with Crippen molar-refractivity contribution < 1.29 is 13.2 Å². The van der Waals surface area contributed by atoms with Gasteiger partial charge in [0, 0.05) is 12.1 Å². The molecule has 2 aromatic rings. The van der Waals surface area contributed by atoms with Crippen LogP contribution in [0, 0.1) is 17.5 Å². The molecule has 0 atom stereocenters. The van der Waals surface area contributed by atoms with Crippen LogP contribution in [-0.4, -0.2) is 14.9 Å². The largest absolute Gasteiger partial charge is 0.366 e. The van der Waals surface area contributed by atoms with Crippen LogP contribution in [0.25, 0.3) is 11.4 Å². The minimum atomic E-state index is -1.13. The number of hydrogen-bond acceptors (Lipinski definition) is 4. The molecule has 0 amide bonds. The highest BCUT2D eigenvalue weighted by molar-refractivity contribution is 5.58. The maximum Gasteiger partial charge on any atom is 0.241 e. The van der Waals surface area contributed by atoms with Gasteiger partial charge in [-0.15, -0.1) is 10.2 Å². The first-order valence-electron chi connectivity index (χ1n) is 4.11. The summed E-state index contributed by atoms with van der Waals surface area (Å²) in [6.07, 6.45) is 0. The number of benzene rings is 1. The monoisotopic (exact) mass is 229 g/mol. The molecular weight excluding hydrogens is 223 g/mol. The van der Waals surface area contributed by atoms with Gasteiger partial charge in [0.1, 0.15) is 17.5 Å². The second-order valence-corrected chi connectivity index (χ2v) is 3.00. The Balaban J connectivity index is 2.69. The van der Waals surface area contributed by atoms with Gasteiger partial charge in [-0.05, 0) is 0 Å². The lowest BCUT2D eigenvalue weighted by Gasteiger charge is -2.04. The van der Waals surface area contributed by atoms with E-state index in [2.05, 4.69) is 10.2 Å². The van der Waals surface area contributed by atoms with E-state index in [1.54, 1.807) is 0 Å². The molecule has 0 bridgehead atoms. The zero-order valence-electron chi connectivity index (χ0n) is 7.78. The fourth-order valence-corrected chi connectivity index (χ4v) is 1.23. The summed E-state index contributed by atoms with van der Waals surface area (Å²) in [5.41, 5.74) is 4.68. The maximum atomic E-state index is 13.3. The minimum absolute atomic E-state index is 0.210. The lowest BCUT2D eigenvalue weighted by Crippen LogP contribution is -2.14. The Kier molecular flexibility index (Phi) is 2.18. The standard InChI is InChI=1S/C8H6F3N5/c9-3-1-4(10)6(5(11)2-3)7-14-15-8(12)16(7)13/h1-2H,13H2,(H2,12,15). The van der Waals surface area contributed by atoms with E-state index in [9.17, 15) is 13.2 Å². The van der Waals surface area contributed by atoms with Crippen LogP contribution < -0.4 is 11.6 Å². The number of aromatic nitrogens is 3. The molecule has 1 heterocycles. The SMILES string of the molecule is Nc1nnc(-c2c(F)cc(F)cc2F)n1N. The minimum Gasteiger partial charge on any atom is -0.366 e. The van der Waals surface area contributed by atoms with Gasteiger partial charge in [0.05, 0.1) is 5.56 Å². The van der Waals surface area contributed by atoms with E-state index in [0.29, 0.717) is 16.8 Å². The topological polar surface area (TPSA) is 82.8 Å². The normalized spacial score (nSPS) is 10.7. The molecule has 16 heavy (non-hydrogen) atoms. The summed E-state index contributed by atoms with van der Waals surface area (Å²) in [5, 5.41) is 6.73. The van der Waals surface area contributed by atoms with Crippen LogP contribution in [0.3, 0.4) is 0 Å². The second-order valence-electron chi connectivity index (χ2n) is 3.00. The van der Waals surface area contributed by atoms with E-state index in [0.717, 1.165) is 0 Å². The predicted octanol–water partition coefficient (Wildman–Crippen LogP) is 0.658. The molecule has 0 aliphatic rings. The molecule has 0 saturated heterocycles. The Morgan fingerprint density at radius 3 is 2.06 bits per heavy atom. The molecule has 0 unspecified atom stereocenters. The van der Waals surface area contributed by atoms with Gasteiger partial charge in [-0.3, -0.25) is 0 Å². The number of nitrogens with zero attached hydrogens (tertiary/aromatic N) is 3. The Morgan fingerprint density at radius 2 is 1.62 bits per heavy atom. The zero-order chi connectivity index (χ0) is 11.9. The van der Waals surface area contributed by atoms with Crippen molar-refractivity contribution >= 4 is 5.95 Å². The molecule has 0 spiro atoms. The first-order valence-corrected chi connectivity index (χ1v) is 4.11. The highest BCUT2D eigenvalue weighted by Crippen LogP contribution is 2.25. The Bertz CT molecular complexity index is 528. The first-order chi connectivity index (χ1) is 7.50. The van der Waals surface area contributed by atoms with E-state index in [1.165, 1.54) is 0 Å². The van der Waals surface area contributed by atoms with Crippen molar-refractivity contribution in [1.29, 1.82) is 0 Å². The van der Waals surface area contributed by atoms with Crippen molar-refractivity contribution in [2.45, 2.75) is 0 Å². The number of halogens is 3. The van der Waals surface area contributed by atoms with E-state index >= 15 is 0 Å². The highest BCUT2D eigenvalue weighted by atomic mass is 19.1. The van der Waals surface area contributed by atoms with E-state index < -0.39 is 23.0 Å². The van der Waals surface area contributed by atoms with Gasteiger partial charge >= 0.3 is 0 Å². The van der Waals surface area contributed by atoms with Gasteiger partial charge in [0.2, 0.25) is 5.95 Å². The summed E-state index contributed by atoms with van der Waals surface area (Å²) >= 11 is 0. The van der Waals surface area contributed by atoms with Gasteiger partial charge < -0.3 is 11.6 Å². The van der Waals surface area contributed by atoms with Crippen LogP contribution in [0.4, 0.5) is 19.1 Å². The van der Waals surface area contributed by atoms with E-state index in [1.807, 2.05) is 0 Å². The van der Waals surface area contributed by atoms with Crippen molar-refractivity contribution in [1.82, 2.24) is 14.9 Å². The average Bonchev–Trinajstić information content (AvgIpc) is 2.48. The third-order valence-corrected chi connectivity index (χ3v) is 1.95. The predicted molar refractivity (Wildman–Crippen MR) is 49.9 cm³/mol. The van der Waals surface area contributed by atoms with Crippen molar-refractivity contribution in [3.63, 3.8) is 0 Å². The summed E-state index contributed by atoms with van der Waals surface area (Å²) < 4.78 is 40.0. The van der Waals surface area contributed by atoms with Gasteiger partial charge in [-0.1, -0.05) is 0 Å². The molecule has 1 aromatic carbocycles. The van der Waals surface area contributed by atoms with Crippen LogP contribution >= 0.6 is 0 Å². The molecule has 1 aromatic heterocycles. The summed E-state index contributed by atoms with van der Waals surface area (Å²) in [7, 11) is 0. The maximum absolute atomic E-state index is 13.3.